The van der Waals surface area contributed by atoms with Crippen molar-refractivity contribution in [2.24, 2.45) is 0 Å². The molecule has 3 rings (SSSR count). The third kappa shape index (κ3) is 4.53. The van der Waals surface area contributed by atoms with Crippen LogP contribution in [0.2, 0.25) is 0 Å². The van der Waals surface area contributed by atoms with E-state index in [1.165, 1.54) is 31.2 Å². The van der Waals surface area contributed by atoms with Crippen LogP contribution in [-0.4, -0.2) is 48.3 Å². The number of amides is 4. The average Bonchev–Trinajstić information content (AvgIpc) is 2.97. The molecule has 1 saturated heterocycles. The SMILES string of the molecule is COc1ccc(C2(C)NC(=O)N(CC(=O)N(C)Cc3ccc(C(F)(F)F)cc3)C2=O)cc1. The Morgan fingerprint density at radius 2 is 1.69 bits per heavy atom. The molecule has 1 unspecified atom stereocenters. The minimum atomic E-state index is -4.44. The first-order valence-corrected chi connectivity index (χ1v) is 9.64. The third-order valence-corrected chi connectivity index (χ3v) is 5.36. The fraction of sp³-hybridized carbons (Fsp3) is 0.318. The van der Waals surface area contributed by atoms with Gasteiger partial charge in [0.1, 0.15) is 17.8 Å². The number of hydrogen-bond acceptors (Lipinski definition) is 4. The van der Waals surface area contributed by atoms with Crippen molar-refractivity contribution in [3.8, 4) is 5.75 Å². The predicted molar refractivity (Wildman–Crippen MR) is 109 cm³/mol. The van der Waals surface area contributed by atoms with E-state index in [9.17, 15) is 27.6 Å². The first-order chi connectivity index (χ1) is 15.0. The van der Waals surface area contributed by atoms with Crippen LogP contribution in [0.4, 0.5) is 18.0 Å². The van der Waals surface area contributed by atoms with Crippen LogP contribution in [0.3, 0.4) is 0 Å². The van der Waals surface area contributed by atoms with Crippen LogP contribution in [0.1, 0.15) is 23.6 Å². The molecule has 2 aromatic carbocycles. The maximum absolute atomic E-state index is 13.0. The summed E-state index contributed by atoms with van der Waals surface area (Å²) in [6.07, 6.45) is -4.44. The van der Waals surface area contributed by atoms with Gasteiger partial charge in [-0.05, 0) is 42.3 Å². The Kier molecular flexibility index (Phi) is 6.16. The zero-order valence-corrected chi connectivity index (χ0v) is 17.7. The van der Waals surface area contributed by atoms with Gasteiger partial charge in [-0.1, -0.05) is 24.3 Å². The van der Waals surface area contributed by atoms with Gasteiger partial charge in [-0.15, -0.1) is 0 Å². The lowest BCUT2D eigenvalue weighted by Crippen LogP contribution is -2.43. The third-order valence-electron chi connectivity index (χ3n) is 5.36. The Bertz CT molecular complexity index is 1020. The van der Waals surface area contributed by atoms with Gasteiger partial charge in [0.25, 0.3) is 5.91 Å². The van der Waals surface area contributed by atoms with Crippen molar-refractivity contribution in [1.82, 2.24) is 15.1 Å². The second kappa shape index (κ2) is 8.52. The highest BCUT2D eigenvalue weighted by Gasteiger charge is 2.49. The van der Waals surface area contributed by atoms with Crippen LogP contribution in [0.15, 0.2) is 48.5 Å². The molecule has 0 radical (unpaired) electrons. The predicted octanol–water partition coefficient (Wildman–Crippen LogP) is 3.14. The van der Waals surface area contributed by atoms with Gasteiger partial charge in [-0.2, -0.15) is 13.2 Å². The Balaban J connectivity index is 1.67. The number of hydrogen-bond donors (Lipinski definition) is 1. The van der Waals surface area contributed by atoms with E-state index in [2.05, 4.69) is 5.32 Å². The average molecular weight is 449 g/mol. The van der Waals surface area contributed by atoms with Gasteiger partial charge in [0.15, 0.2) is 0 Å². The lowest BCUT2D eigenvalue weighted by molar-refractivity contribution is -0.138. The largest absolute Gasteiger partial charge is 0.497 e. The second-order valence-corrected chi connectivity index (χ2v) is 7.62. The zero-order valence-electron chi connectivity index (χ0n) is 17.7. The van der Waals surface area contributed by atoms with Crippen molar-refractivity contribution in [3.05, 3.63) is 65.2 Å². The van der Waals surface area contributed by atoms with Crippen LogP contribution >= 0.6 is 0 Å². The number of imide groups is 1. The fourth-order valence-corrected chi connectivity index (χ4v) is 3.38. The van der Waals surface area contributed by atoms with Crippen molar-refractivity contribution >= 4 is 17.8 Å². The van der Waals surface area contributed by atoms with E-state index in [0.29, 0.717) is 16.9 Å². The quantitative estimate of drug-likeness (QED) is 0.688. The molecule has 10 heteroatoms. The van der Waals surface area contributed by atoms with Crippen LogP contribution in [0, 0.1) is 0 Å². The standard InChI is InChI=1S/C22H22F3N3O4/c1-21(15-8-10-17(32-3)11-9-15)19(30)28(20(31)26-21)13-18(29)27(2)12-14-4-6-16(7-5-14)22(23,24)25/h4-11H,12-13H2,1-3H3,(H,26,31). The summed E-state index contributed by atoms with van der Waals surface area (Å²) in [7, 11) is 2.95. The Morgan fingerprint density at radius 3 is 2.22 bits per heavy atom. The molecule has 7 nitrogen and oxygen atoms in total. The number of carbonyl (C=O) groups excluding carboxylic acids is 3. The summed E-state index contributed by atoms with van der Waals surface area (Å²) >= 11 is 0. The topological polar surface area (TPSA) is 79.0 Å². The van der Waals surface area contributed by atoms with Crippen LogP contribution < -0.4 is 10.1 Å². The highest BCUT2D eigenvalue weighted by molar-refractivity contribution is 6.09. The Morgan fingerprint density at radius 1 is 1.09 bits per heavy atom. The molecular formula is C22H22F3N3O4. The number of rotatable bonds is 6. The molecule has 2 aromatic rings. The van der Waals surface area contributed by atoms with Crippen molar-refractivity contribution < 1.29 is 32.3 Å². The zero-order chi connectivity index (χ0) is 23.7. The summed E-state index contributed by atoms with van der Waals surface area (Å²) in [5.41, 5.74) is -1.11. The number of methoxy groups -OCH3 is 1. The van der Waals surface area contributed by atoms with Crippen molar-refractivity contribution in [3.63, 3.8) is 0 Å². The van der Waals surface area contributed by atoms with E-state index >= 15 is 0 Å². The minimum Gasteiger partial charge on any atom is -0.497 e. The molecule has 4 amide bonds. The lowest BCUT2D eigenvalue weighted by atomic mass is 9.92. The van der Waals surface area contributed by atoms with E-state index in [0.717, 1.165) is 17.0 Å². The molecule has 1 atom stereocenters. The van der Waals surface area contributed by atoms with Crippen LogP contribution in [0.5, 0.6) is 5.75 Å². The number of nitrogens with zero attached hydrogens (tertiary/aromatic N) is 2. The number of alkyl halides is 3. The van der Waals surface area contributed by atoms with E-state index in [1.54, 1.807) is 31.2 Å². The number of likely N-dealkylation sites (N-methyl/N-ethyl adjacent to an activating group) is 1. The van der Waals surface area contributed by atoms with Gasteiger partial charge < -0.3 is 15.0 Å². The number of carbonyl (C=O) groups is 3. The maximum atomic E-state index is 13.0. The molecule has 0 spiro atoms. The van der Waals surface area contributed by atoms with Crippen molar-refractivity contribution in [2.45, 2.75) is 25.2 Å². The molecule has 1 aliphatic heterocycles. The van der Waals surface area contributed by atoms with Gasteiger partial charge in [-0.3, -0.25) is 14.5 Å². The van der Waals surface area contributed by atoms with Gasteiger partial charge in [0, 0.05) is 13.6 Å². The molecule has 0 saturated carbocycles. The molecule has 170 valence electrons. The summed E-state index contributed by atoms with van der Waals surface area (Å²) in [6.45, 7) is 1.08. The summed E-state index contributed by atoms with van der Waals surface area (Å²) < 4.78 is 43.2. The van der Waals surface area contributed by atoms with E-state index in [-0.39, 0.29) is 6.54 Å². The number of ether oxygens (including phenoxy) is 1. The Hall–Kier alpha value is -3.56. The summed E-state index contributed by atoms with van der Waals surface area (Å²) in [5, 5.41) is 2.62. The van der Waals surface area contributed by atoms with E-state index in [1.807, 2.05) is 0 Å². The van der Waals surface area contributed by atoms with E-state index in [4.69, 9.17) is 4.74 Å². The minimum absolute atomic E-state index is 0.0242. The maximum Gasteiger partial charge on any atom is 0.416 e. The summed E-state index contributed by atoms with van der Waals surface area (Å²) in [4.78, 5) is 40.1. The summed E-state index contributed by atoms with van der Waals surface area (Å²) in [6, 6.07) is 10.3. The molecule has 0 aliphatic carbocycles. The smallest absolute Gasteiger partial charge is 0.416 e. The fourth-order valence-electron chi connectivity index (χ4n) is 3.38. The van der Waals surface area contributed by atoms with E-state index < -0.39 is 41.7 Å². The number of benzene rings is 2. The van der Waals surface area contributed by atoms with Crippen molar-refractivity contribution in [2.75, 3.05) is 20.7 Å². The van der Waals surface area contributed by atoms with Gasteiger partial charge >= 0.3 is 12.2 Å². The first kappa shape index (κ1) is 23.1. The van der Waals surface area contributed by atoms with Gasteiger partial charge in [0.2, 0.25) is 5.91 Å². The first-order valence-electron chi connectivity index (χ1n) is 9.64. The van der Waals surface area contributed by atoms with Crippen molar-refractivity contribution in [1.29, 1.82) is 0 Å². The molecule has 1 heterocycles. The monoisotopic (exact) mass is 449 g/mol. The highest BCUT2D eigenvalue weighted by atomic mass is 19.4. The van der Waals surface area contributed by atoms with Gasteiger partial charge in [-0.25, -0.2) is 4.79 Å². The van der Waals surface area contributed by atoms with Crippen LogP contribution in [-0.2, 0) is 27.8 Å². The van der Waals surface area contributed by atoms with Crippen LogP contribution in [0.25, 0.3) is 0 Å². The Labute approximate surface area is 182 Å². The normalized spacial score (nSPS) is 18.5. The number of urea groups is 1. The highest BCUT2D eigenvalue weighted by Crippen LogP contribution is 2.31. The van der Waals surface area contributed by atoms with Gasteiger partial charge in [0.05, 0.1) is 12.7 Å². The molecule has 1 aliphatic rings. The number of nitrogens with one attached hydrogen (secondary N) is 1. The molecule has 32 heavy (non-hydrogen) atoms. The lowest BCUT2D eigenvalue weighted by Gasteiger charge is -2.23. The molecule has 1 fully saturated rings. The summed E-state index contributed by atoms with van der Waals surface area (Å²) in [5.74, 6) is -0.526. The molecule has 0 aromatic heterocycles. The molecule has 1 N–H and O–H groups in total. The molecular weight excluding hydrogens is 427 g/mol. The number of halogens is 3. The molecule has 0 bridgehead atoms. The second-order valence-electron chi connectivity index (χ2n) is 7.62.